The lowest BCUT2D eigenvalue weighted by Gasteiger charge is -2.06. The van der Waals surface area contributed by atoms with Crippen LogP contribution in [0.25, 0.3) is 0 Å². The maximum atomic E-state index is 12.3. The predicted octanol–water partition coefficient (Wildman–Crippen LogP) is 3.46. The summed E-state index contributed by atoms with van der Waals surface area (Å²) < 4.78 is 35.5. The molecule has 4 nitrogen and oxygen atoms in total. The van der Waals surface area contributed by atoms with Gasteiger partial charge < -0.3 is 9.47 Å². The summed E-state index contributed by atoms with van der Waals surface area (Å²) in [7, 11) is -1.54. The largest absolute Gasteiger partial charge is 0.497 e. The van der Waals surface area contributed by atoms with Crippen LogP contribution in [0, 0.1) is 5.92 Å². The molecule has 1 aliphatic carbocycles. The lowest BCUT2D eigenvalue weighted by atomic mass is 10.2. The summed E-state index contributed by atoms with van der Waals surface area (Å²) in [5.74, 6) is 1.36. The molecule has 2 atom stereocenters. The average Bonchev–Trinajstić information content (AvgIpc) is 3.38. The minimum absolute atomic E-state index is 0.179. The van der Waals surface area contributed by atoms with Crippen molar-refractivity contribution in [3.63, 3.8) is 0 Å². The zero-order chi connectivity index (χ0) is 17.0. The highest BCUT2D eigenvalue weighted by Gasteiger charge is 2.38. The molecule has 0 aliphatic heterocycles. The van der Waals surface area contributed by atoms with Gasteiger partial charge in [0.2, 0.25) is 0 Å². The van der Waals surface area contributed by atoms with E-state index in [1.807, 2.05) is 30.3 Å². The quantitative estimate of drug-likeness (QED) is 0.734. The highest BCUT2D eigenvalue weighted by Crippen LogP contribution is 2.38. The van der Waals surface area contributed by atoms with Crippen molar-refractivity contribution in [1.29, 1.82) is 0 Å². The van der Waals surface area contributed by atoms with Gasteiger partial charge in [0.15, 0.2) is 9.84 Å². The van der Waals surface area contributed by atoms with Gasteiger partial charge in [0.25, 0.3) is 0 Å². The van der Waals surface area contributed by atoms with Crippen LogP contribution in [0.5, 0.6) is 5.75 Å². The summed E-state index contributed by atoms with van der Waals surface area (Å²) in [6.07, 6.45) is 1.78. The number of benzene rings is 2. The number of methoxy groups -OCH3 is 1. The zero-order valence-corrected chi connectivity index (χ0v) is 14.5. The van der Waals surface area contributed by atoms with Gasteiger partial charge in [-0.1, -0.05) is 30.3 Å². The fourth-order valence-corrected chi connectivity index (χ4v) is 4.13. The van der Waals surface area contributed by atoms with Crippen molar-refractivity contribution in [3.05, 3.63) is 60.2 Å². The second-order valence-electron chi connectivity index (χ2n) is 6.11. The molecule has 2 aromatic carbocycles. The standard InChI is InChI=1S/C19H22O4S/c1-22-17-9-7-15(8-10-17)14-23-19-13-16(19)11-12-24(20,21)18-5-3-2-4-6-18/h2-10,16,19H,11-14H2,1H3/t16-,19+/m0/s1. The van der Waals surface area contributed by atoms with Crippen LogP contribution < -0.4 is 4.74 Å². The van der Waals surface area contributed by atoms with E-state index in [0.717, 1.165) is 17.7 Å². The van der Waals surface area contributed by atoms with Gasteiger partial charge in [-0.2, -0.15) is 0 Å². The zero-order valence-electron chi connectivity index (χ0n) is 13.7. The fraction of sp³-hybridized carbons (Fsp3) is 0.368. The minimum Gasteiger partial charge on any atom is -0.497 e. The van der Waals surface area contributed by atoms with Gasteiger partial charge in [-0.15, -0.1) is 0 Å². The Bertz CT molecular complexity index is 754. The van der Waals surface area contributed by atoms with Crippen LogP contribution in [0.2, 0.25) is 0 Å². The summed E-state index contributed by atoms with van der Waals surface area (Å²) in [5.41, 5.74) is 1.10. The summed E-state index contributed by atoms with van der Waals surface area (Å²) in [6, 6.07) is 16.4. The average molecular weight is 346 g/mol. The van der Waals surface area contributed by atoms with Crippen molar-refractivity contribution >= 4 is 9.84 Å². The molecule has 2 aromatic rings. The Labute approximate surface area is 143 Å². The van der Waals surface area contributed by atoms with Crippen LogP contribution >= 0.6 is 0 Å². The highest BCUT2D eigenvalue weighted by atomic mass is 32.2. The second kappa shape index (κ2) is 7.36. The second-order valence-corrected chi connectivity index (χ2v) is 8.22. The molecule has 0 bridgehead atoms. The highest BCUT2D eigenvalue weighted by molar-refractivity contribution is 7.91. The lowest BCUT2D eigenvalue weighted by molar-refractivity contribution is 0.0949. The third-order valence-corrected chi connectivity index (χ3v) is 6.10. The molecule has 0 aromatic heterocycles. The van der Waals surface area contributed by atoms with Crippen LogP contribution in [0.3, 0.4) is 0 Å². The molecule has 128 valence electrons. The van der Waals surface area contributed by atoms with Crippen LogP contribution in [0.15, 0.2) is 59.5 Å². The number of hydrogen-bond acceptors (Lipinski definition) is 4. The van der Waals surface area contributed by atoms with E-state index in [2.05, 4.69) is 0 Å². The Hall–Kier alpha value is -1.85. The maximum absolute atomic E-state index is 12.3. The molecule has 3 rings (SSSR count). The Morgan fingerprint density at radius 1 is 1.04 bits per heavy atom. The van der Waals surface area contributed by atoms with Crippen molar-refractivity contribution in [1.82, 2.24) is 0 Å². The van der Waals surface area contributed by atoms with E-state index in [9.17, 15) is 8.42 Å². The predicted molar refractivity (Wildman–Crippen MR) is 92.8 cm³/mol. The molecule has 0 amide bonds. The maximum Gasteiger partial charge on any atom is 0.178 e. The van der Waals surface area contributed by atoms with Crippen molar-refractivity contribution in [3.8, 4) is 5.75 Å². The molecule has 1 saturated carbocycles. The van der Waals surface area contributed by atoms with E-state index in [-0.39, 0.29) is 11.9 Å². The number of sulfone groups is 1. The van der Waals surface area contributed by atoms with E-state index >= 15 is 0 Å². The van der Waals surface area contributed by atoms with Gasteiger partial charge >= 0.3 is 0 Å². The van der Waals surface area contributed by atoms with E-state index in [0.29, 0.717) is 23.8 Å². The van der Waals surface area contributed by atoms with Crippen molar-refractivity contribution in [2.45, 2.75) is 30.4 Å². The summed E-state index contributed by atoms with van der Waals surface area (Å²) >= 11 is 0. The molecule has 1 fully saturated rings. The van der Waals surface area contributed by atoms with Gasteiger partial charge in [-0.25, -0.2) is 8.42 Å². The van der Waals surface area contributed by atoms with Gasteiger partial charge in [0.1, 0.15) is 5.75 Å². The number of ether oxygens (including phenoxy) is 2. The molecular weight excluding hydrogens is 324 g/mol. The lowest BCUT2D eigenvalue weighted by Crippen LogP contribution is -2.08. The Kier molecular flexibility index (Phi) is 5.21. The molecule has 0 spiro atoms. The third-order valence-electron chi connectivity index (χ3n) is 4.34. The first kappa shape index (κ1) is 17.0. The van der Waals surface area contributed by atoms with Gasteiger partial charge in [-0.3, -0.25) is 0 Å². The molecule has 24 heavy (non-hydrogen) atoms. The first-order chi connectivity index (χ1) is 11.6. The smallest absolute Gasteiger partial charge is 0.178 e. The first-order valence-corrected chi connectivity index (χ1v) is 9.76. The van der Waals surface area contributed by atoms with Crippen molar-refractivity contribution in [2.75, 3.05) is 12.9 Å². The summed E-state index contributed by atoms with van der Waals surface area (Å²) in [5, 5.41) is 0. The third kappa shape index (κ3) is 4.36. The molecule has 5 heteroatoms. The van der Waals surface area contributed by atoms with Crippen molar-refractivity contribution < 1.29 is 17.9 Å². The van der Waals surface area contributed by atoms with Gasteiger partial charge in [0.05, 0.1) is 30.5 Å². The van der Waals surface area contributed by atoms with Crippen molar-refractivity contribution in [2.24, 2.45) is 5.92 Å². The number of rotatable bonds is 8. The Morgan fingerprint density at radius 2 is 1.75 bits per heavy atom. The normalized spacial score (nSPS) is 19.9. The van der Waals surface area contributed by atoms with Crippen LogP contribution in [0.1, 0.15) is 18.4 Å². The molecule has 1 aliphatic rings. The van der Waals surface area contributed by atoms with Gasteiger partial charge in [0, 0.05) is 0 Å². The molecule has 0 N–H and O–H groups in total. The molecule has 0 radical (unpaired) electrons. The van der Waals surface area contributed by atoms with E-state index < -0.39 is 9.84 Å². The summed E-state index contributed by atoms with van der Waals surface area (Å²) in [6.45, 7) is 0.552. The fourth-order valence-electron chi connectivity index (χ4n) is 2.70. The SMILES string of the molecule is COc1ccc(CO[C@@H]2C[C@@H]2CCS(=O)(=O)c2ccccc2)cc1. The summed E-state index contributed by atoms with van der Waals surface area (Å²) in [4.78, 5) is 0.404. The molecular formula is C19H22O4S. The molecule has 0 saturated heterocycles. The minimum atomic E-state index is -3.18. The molecule has 0 heterocycles. The molecule has 0 unspecified atom stereocenters. The number of hydrogen-bond donors (Lipinski definition) is 0. The first-order valence-electron chi connectivity index (χ1n) is 8.11. The van der Waals surface area contributed by atoms with Crippen LogP contribution in [0.4, 0.5) is 0 Å². The van der Waals surface area contributed by atoms with E-state index in [4.69, 9.17) is 9.47 Å². The Balaban J connectivity index is 1.43. The topological polar surface area (TPSA) is 52.6 Å². The van der Waals surface area contributed by atoms with E-state index in [1.165, 1.54) is 0 Å². The Morgan fingerprint density at radius 3 is 2.42 bits per heavy atom. The monoisotopic (exact) mass is 346 g/mol. The van der Waals surface area contributed by atoms with Crippen LogP contribution in [-0.2, 0) is 21.2 Å². The van der Waals surface area contributed by atoms with E-state index in [1.54, 1.807) is 31.4 Å². The van der Waals surface area contributed by atoms with Crippen LogP contribution in [-0.4, -0.2) is 27.4 Å². The van der Waals surface area contributed by atoms with Gasteiger partial charge in [-0.05, 0) is 48.6 Å².